The average Bonchev–Trinajstić information content (AvgIpc) is 3.31. The monoisotopic (exact) mass is 549 g/mol. The minimum absolute atomic E-state index is 0.0502. The van der Waals surface area contributed by atoms with Crippen LogP contribution in [0.25, 0.3) is 11.1 Å². The number of hydrogen-bond donors (Lipinski definition) is 0. The molecule has 0 saturated heterocycles. The summed E-state index contributed by atoms with van der Waals surface area (Å²) in [6.07, 6.45) is -0.355. The molecule has 0 aliphatic heterocycles. The van der Waals surface area contributed by atoms with E-state index in [1.54, 1.807) is 7.05 Å². The van der Waals surface area contributed by atoms with Gasteiger partial charge >= 0.3 is 6.09 Å². The van der Waals surface area contributed by atoms with Crippen molar-refractivity contribution in [2.24, 2.45) is 0 Å². The van der Waals surface area contributed by atoms with Crippen LogP contribution in [0.3, 0.4) is 0 Å². The summed E-state index contributed by atoms with van der Waals surface area (Å²) in [5, 5.41) is 0. The molecule has 1 aliphatic rings. The first-order valence-corrected chi connectivity index (χ1v) is 13.8. The Hall–Kier alpha value is -3.43. The fourth-order valence-corrected chi connectivity index (χ4v) is 4.49. The van der Waals surface area contributed by atoms with E-state index in [1.165, 1.54) is 27.2 Å². The maximum Gasteiger partial charge on any atom is 0.409 e. The van der Waals surface area contributed by atoms with Crippen molar-refractivity contribution in [3.63, 3.8) is 0 Å². The summed E-state index contributed by atoms with van der Waals surface area (Å²) < 4.78 is 33.3. The third-order valence-electron chi connectivity index (χ3n) is 6.57. The topological polar surface area (TPSA) is 75.7 Å². The summed E-state index contributed by atoms with van der Waals surface area (Å²) in [5.41, 5.74) is 4.82. The van der Waals surface area contributed by atoms with Crippen molar-refractivity contribution < 1.29 is 33.2 Å². The van der Waals surface area contributed by atoms with Gasteiger partial charge in [0.05, 0.1) is 52.9 Å². The maximum absolute atomic E-state index is 12.5. The highest BCUT2D eigenvalue weighted by Gasteiger charge is 2.29. The average molecular weight is 550 g/mol. The second kappa shape index (κ2) is 16.6. The molecule has 0 atom stereocenters. The van der Waals surface area contributed by atoms with Gasteiger partial charge in [0.1, 0.15) is 19.0 Å². The molecule has 3 aromatic rings. The molecule has 3 aromatic carbocycles. The van der Waals surface area contributed by atoms with Gasteiger partial charge in [-0.2, -0.15) is 0 Å². The number of carbonyl (C=O) groups excluding carboxylic acids is 1. The van der Waals surface area contributed by atoms with Crippen molar-refractivity contribution in [3.05, 3.63) is 90.0 Å². The molecule has 0 unspecified atom stereocenters. The first-order valence-electron chi connectivity index (χ1n) is 13.8. The van der Waals surface area contributed by atoms with Gasteiger partial charge in [-0.15, -0.1) is 0 Å². The fraction of sp³-hybridized carbons (Fsp3) is 0.406. The number of ether oxygens (including phenoxy) is 6. The van der Waals surface area contributed by atoms with Crippen LogP contribution in [-0.4, -0.2) is 90.7 Å². The molecule has 0 bridgehead atoms. The SMILES string of the molecule is CN(CCOCCOCCOCCOCCOc1ccccc1)C(=O)OCC1c2ccccc2-c2ccccc21. The molecule has 0 aromatic heterocycles. The Kier molecular flexibility index (Phi) is 12.3. The van der Waals surface area contributed by atoms with Crippen LogP contribution >= 0.6 is 0 Å². The largest absolute Gasteiger partial charge is 0.491 e. The van der Waals surface area contributed by atoms with Crippen LogP contribution in [0, 0.1) is 0 Å². The zero-order valence-electron chi connectivity index (χ0n) is 23.2. The van der Waals surface area contributed by atoms with Crippen LogP contribution in [-0.2, 0) is 23.7 Å². The Morgan fingerprint density at radius 1 is 0.625 bits per heavy atom. The third-order valence-corrected chi connectivity index (χ3v) is 6.57. The Morgan fingerprint density at radius 2 is 1.10 bits per heavy atom. The molecule has 4 rings (SSSR count). The van der Waals surface area contributed by atoms with Crippen molar-refractivity contribution in [2.75, 3.05) is 79.7 Å². The van der Waals surface area contributed by atoms with Gasteiger partial charge in [-0.1, -0.05) is 66.7 Å². The van der Waals surface area contributed by atoms with Gasteiger partial charge in [0, 0.05) is 19.5 Å². The van der Waals surface area contributed by atoms with Crippen LogP contribution in [0.5, 0.6) is 5.75 Å². The molecule has 0 N–H and O–H groups in total. The highest BCUT2D eigenvalue weighted by Crippen LogP contribution is 2.44. The standard InChI is InChI=1S/C32H39NO7/c1-33(32(34)40-25-31-29-13-7-5-11-27(29)28-12-6-8-14-30(28)31)15-16-35-17-18-36-19-20-37-21-22-38-23-24-39-26-9-3-2-4-10-26/h2-14,31H,15-25H2,1H3. The number of carbonyl (C=O) groups is 1. The summed E-state index contributed by atoms with van der Waals surface area (Å²) >= 11 is 0. The van der Waals surface area contributed by atoms with Crippen LogP contribution in [0.15, 0.2) is 78.9 Å². The van der Waals surface area contributed by atoms with E-state index in [-0.39, 0.29) is 12.0 Å². The minimum Gasteiger partial charge on any atom is -0.491 e. The van der Waals surface area contributed by atoms with E-state index in [9.17, 15) is 4.79 Å². The van der Waals surface area contributed by atoms with Crippen molar-refractivity contribution in [3.8, 4) is 16.9 Å². The fourth-order valence-electron chi connectivity index (χ4n) is 4.49. The Balaban J connectivity index is 0.963. The molecule has 0 heterocycles. The molecular formula is C32H39NO7. The molecule has 0 radical (unpaired) electrons. The molecule has 8 nitrogen and oxygen atoms in total. The van der Waals surface area contributed by atoms with E-state index < -0.39 is 0 Å². The van der Waals surface area contributed by atoms with E-state index in [2.05, 4.69) is 24.3 Å². The maximum atomic E-state index is 12.5. The Morgan fingerprint density at radius 3 is 1.68 bits per heavy atom. The number of fused-ring (bicyclic) bond motifs is 3. The van der Waals surface area contributed by atoms with E-state index in [4.69, 9.17) is 28.4 Å². The van der Waals surface area contributed by atoms with Gasteiger partial charge in [0.25, 0.3) is 0 Å². The summed E-state index contributed by atoms with van der Waals surface area (Å²) in [6, 6.07) is 26.3. The van der Waals surface area contributed by atoms with Crippen molar-refractivity contribution in [1.82, 2.24) is 4.90 Å². The summed E-state index contributed by atoms with van der Waals surface area (Å²) in [4.78, 5) is 14.1. The van der Waals surface area contributed by atoms with Crippen LogP contribution < -0.4 is 4.74 Å². The lowest BCUT2D eigenvalue weighted by Gasteiger charge is -2.19. The van der Waals surface area contributed by atoms with E-state index in [0.29, 0.717) is 72.6 Å². The smallest absolute Gasteiger partial charge is 0.409 e. The molecule has 1 amide bonds. The Labute approximate surface area is 236 Å². The van der Waals surface area contributed by atoms with E-state index in [1.807, 2.05) is 54.6 Å². The summed E-state index contributed by atoms with van der Waals surface area (Å²) in [7, 11) is 1.72. The summed E-state index contributed by atoms with van der Waals surface area (Å²) in [5.74, 6) is 0.889. The lowest BCUT2D eigenvalue weighted by atomic mass is 9.98. The molecular weight excluding hydrogens is 510 g/mol. The number of benzene rings is 3. The highest BCUT2D eigenvalue weighted by atomic mass is 16.6. The third kappa shape index (κ3) is 9.06. The van der Waals surface area contributed by atoms with Gasteiger partial charge in [-0.05, 0) is 34.4 Å². The number of rotatable bonds is 18. The number of hydrogen-bond acceptors (Lipinski definition) is 7. The molecule has 0 fully saturated rings. The van der Waals surface area contributed by atoms with Crippen LogP contribution in [0.2, 0.25) is 0 Å². The number of amides is 1. The van der Waals surface area contributed by atoms with E-state index in [0.717, 1.165) is 5.75 Å². The van der Waals surface area contributed by atoms with Gasteiger partial charge < -0.3 is 33.3 Å². The van der Waals surface area contributed by atoms with Crippen LogP contribution in [0.1, 0.15) is 17.0 Å². The van der Waals surface area contributed by atoms with Crippen LogP contribution in [0.4, 0.5) is 4.79 Å². The van der Waals surface area contributed by atoms with Crippen molar-refractivity contribution >= 4 is 6.09 Å². The highest BCUT2D eigenvalue weighted by molar-refractivity contribution is 5.79. The lowest BCUT2D eigenvalue weighted by Crippen LogP contribution is -2.32. The first-order chi connectivity index (χ1) is 19.7. The van der Waals surface area contributed by atoms with Gasteiger partial charge in [-0.25, -0.2) is 4.79 Å². The Bertz CT molecular complexity index is 1110. The quantitative estimate of drug-likeness (QED) is 0.207. The number of nitrogens with zero attached hydrogens (tertiary/aromatic N) is 1. The number of para-hydroxylation sites is 1. The zero-order valence-corrected chi connectivity index (χ0v) is 23.2. The first kappa shape index (κ1) is 29.6. The lowest BCUT2D eigenvalue weighted by molar-refractivity contribution is -0.00599. The molecule has 40 heavy (non-hydrogen) atoms. The molecule has 0 spiro atoms. The molecule has 8 heteroatoms. The molecule has 214 valence electrons. The summed E-state index contributed by atoms with van der Waals surface area (Å²) in [6.45, 7) is 5.09. The van der Waals surface area contributed by atoms with Gasteiger partial charge in [-0.3, -0.25) is 0 Å². The van der Waals surface area contributed by atoms with E-state index >= 15 is 0 Å². The van der Waals surface area contributed by atoms with Crippen molar-refractivity contribution in [1.29, 1.82) is 0 Å². The second-order valence-electron chi connectivity index (χ2n) is 9.34. The molecule has 0 saturated carbocycles. The minimum atomic E-state index is -0.355. The van der Waals surface area contributed by atoms with Crippen molar-refractivity contribution in [2.45, 2.75) is 5.92 Å². The van der Waals surface area contributed by atoms with Gasteiger partial charge in [0.15, 0.2) is 0 Å². The predicted octanol–water partition coefficient (Wildman–Crippen LogP) is 5.01. The number of likely N-dealkylation sites (N-methyl/N-ethyl adjacent to an activating group) is 1. The normalized spacial score (nSPS) is 12.1. The molecule has 1 aliphatic carbocycles. The predicted molar refractivity (Wildman–Crippen MR) is 153 cm³/mol. The van der Waals surface area contributed by atoms with Gasteiger partial charge in [0.2, 0.25) is 0 Å². The zero-order chi connectivity index (χ0) is 27.8. The second-order valence-corrected chi connectivity index (χ2v) is 9.34.